The lowest BCUT2D eigenvalue weighted by molar-refractivity contribution is -0.140. The van der Waals surface area contributed by atoms with Crippen molar-refractivity contribution >= 4 is 11.6 Å². The highest BCUT2D eigenvalue weighted by molar-refractivity contribution is 6.07. The summed E-state index contributed by atoms with van der Waals surface area (Å²) < 4.78 is 0. The molecule has 0 radical (unpaired) electrons. The highest BCUT2D eigenvalue weighted by Crippen LogP contribution is 2.47. The zero-order valence-electron chi connectivity index (χ0n) is 13.6. The molecule has 1 heterocycles. The zero-order valence-corrected chi connectivity index (χ0v) is 13.6. The summed E-state index contributed by atoms with van der Waals surface area (Å²) in [6, 6.07) is 17.6. The largest absolute Gasteiger partial charge is 0.375 e. The highest BCUT2D eigenvalue weighted by atomic mass is 16.3. The van der Waals surface area contributed by atoms with E-state index in [1.54, 1.807) is 4.90 Å². The van der Waals surface area contributed by atoms with Crippen LogP contribution in [-0.4, -0.2) is 11.0 Å². The Morgan fingerprint density at radius 3 is 2.58 bits per heavy atom. The average Bonchev–Trinajstić information content (AvgIpc) is 2.87. The van der Waals surface area contributed by atoms with Gasteiger partial charge in [-0.05, 0) is 30.9 Å². The molecule has 1 N–H and O–H groups in total. The number of benzene rings is 2. The summed E-state index contributed by atoms with van der Waals surface area (Å²) in [5.74, 6) is -0.357. The van der Waals surface area contributed by atoms with Crippen molar-refractivity contribution < 1.29 is 9.90 Å². The Bertz CT molecular complexity index is 783. The summed E-state index contributed by atoms with van der Waals surface area (Å²) in [7, 11) is 0. The number of hydrogen-bond donors (Lipinski definition) is 1. The first kappa shape index (κ1) is 15.2. The van der Waals surface area contributed by atoms with Crippen LogP contribution in [-0.2, 0) is 16.9 Å². The van der Waals surface area contributed by atoms with Crippen LogP contribution in [0.25, 0.3) is 0 Å². The van der Waals surface area contributed by atoms with Crippen molar-refractivity contribution in [3.8, 4) is 0 Å². The van der Waals surface area contributed by atoms with E-state index in [-0.39, 0.29) is 11.8 Å². The maximum absolute atomic E-state index is 13.2. The number of aliphatic hydroxyl groups is 1. The Hall–Kier alpha value is -2.39. The number of para-hydroxylation sites is 1. The maximum Gasteiger partial charge on any atom is 0.264 e. The molecule has 4 rings (SSSR count). The lowest BCUT2D eigenvalue weighted by Gasteiger charge is -2.31. The lowest BCUT2D eigenvalue weighted by Crippen LogP contribution is -2.45. The van der Waals surface area contributed by atoms with Crippen LogP contribution in [0, 0.1) is 5.92 Å². The molecular formula is C21H21NO2. The zero-order chi connectivity index (χ0) is 16.6. The van der Waals surface area contributed by atoms with Crippen LogP contribution < -0.4 is 4.90 Å². The fourth-order valence-electron chi connectivity index (χ4n) is 3.90. The molecule has 1 aliphatic heterocycles. The van der Waals surface area contributed by atoms with Gasteiger partial charge in [-0.25, -0.2) is 0 Å². The smallest absolute Gasteiger partial charge is 0.264 e. The molecule has 1 amide bonds. The summed E-state index contributed by atoms with van der Waals surface area (Å²) >= 11 is 0. The van der Waals surface area contributed by atoms with Gasteiger partial charge in [0.2, 0.25) is 0 Å². The molecule has 122 valence electrons. The second-order valence-electron chi connectivity index (χ2n) is 6.63. The third-order valence-electron chi connectivity index (χ3n) is 5.15. The van der Waals surface area contributed by atoms with E-state index in [0.717, 1.165) is 36.1 Å². The number of nitrogens with zero attached hydrogens (tertiary/aromatic N) is 1. The van der Waals surface area contributed by atoms with Crippen LogP contribution in [0.4, 0.5) is 5.69 Å². The fraction of sp³-hybridized carbons (Fsp3) is 0.286. The first-order valence-electron chi connectivity index (χ1n) is 8.55. The number of anilines is 1. The van der Waals surface area contributed by atoms with Crippen LogP contribution in [0.2, 0.25) is 0 Å². The SMILES string of the molecule is O=C1N(Cc2ccccc2)c2ccccc2[C@@]1(O)[C@H]1C=CCCC1. The van der Waals surface area contributed by atoms with E-state index >= 15 is 0 Å². The second kappa shape index (κ2) is 5.91. The molecule has 3 heteroatoms. The third-order valence-corrected chi connectivity index (χ3v) is 5.15. The Morgan fingerprint density at radius 1 is 1.08 bits per heavy atom. The van der Waals surface area contributed by atoms with Gasteiger partial charge >= 0.3 is 0 Å². The van der Waals surface area contributed by atoms with Gasteiger partial charge in [-0.1, -0.05) is 60.7 Å². The van der Waals surface area contributed by atoms with E-state index in [1.165, 1.54) is 0 Å². The van der Waals surface area contributed by atoms with Crippen LogP contribution in [0.1, 0.15) is 30.4 Å². The lowest BCUT2D eigenvalue weighted by atomic mass is 9.77. The number of amides is 1. The summed E-state index contributed by atoms with van der Waals surface area (Å²) in [6.45, 7) is 0.482. The molecule has 0 spiro atoms. The van der Waals surface area contributed by atoms with E-state index < -0.39 is 5.60 Å². The van der Waals surface area contributed by atoms with Crippen LogP contribution in [0.15, 0.2) is 66.7 Å². The molecule has 3 nitrogen and oxygen atoms in total. The molecule has 24 heavy (non-hydrogen) atoms. The van der Waals surface area contributed by atoms with Crippen molar-refractivity contribution in [2.45, 2.75) is 31.4 Å². The number of fused-ring (bicyclic) bond motifs is 1. The molecule has 1 aliphatic carbocycles. The number of carbonyl (C=O) groups is 1. The molecule has 0 aromatic heterocycles. The quantitative estimate of drug-likeness (QED) is 0.875. The summed E-state index contributed by atoms with van der Waals surface area (Å²) in [4.78, 5) is 15.0. The minimum absolute atomic E-state index is 0.152. The average molecular weight is 319 g/mol. The summed E-state index contributed by atoms with van der Waals surface area (Å²) in [6.07, 6.45) is 6.98. The molecule has 2 aromatic rings. The normalized spacial score (nSPS) is 25.8. The Labute approximate surface area is 142 Å². The third kappa shape index (κ3) is 2.28. The van der Waals surface area contributed by atoms with Gasteiger partial charge in [0.15, 0.2) is 5.60 Å². The molecule has 2 aromatic carbocycles. The standard InChI is InChI=1S/C21H21NO2/c23-20-21(24,17-11-5-2-6-12-17)18-13-7-8-14-19(18)22(20)15-16-9-3-1-4-10-16/h1,3-5,7-11,13-14,17,24H,2,6,12,15H2/t17-,21-/m0/s1. The number of allylic oxidation sites excluding steroid dienone is 1. The Balaban J connectivity index is 1.76. The summed E-state index contributed by atoms with van der Waals surface area (Å²) in [5.41, 5.74) is 1.18. The topological polar surface area (TPSA) is 40.5 Å². The molecule has 0 saturated carbocycles. The van der Waals surface area contributed by atoms with Gasteiger partial charge in [0.1, 0.15) is 0 Å². The number of hydrogen-bond acceptors (Lipinski definition) is 2. The minimum atomic E-state index is -1.44. The number of rotatable bonds is 3. The van der Waals surface area contributed by atoms with Crippen LogP contribution in [0.3, 0.4) is 0 Å². The van der Waals surface area contributed by atoms with E-state index in [1.807, 2.05) is 60.7 Å². The van der Waals surface area contributed by atoms with E-state index in [9.17, 15) is 9.90 Å². The Kier molecular flexibility index (Phi) is 3.73. The molecule has 0 fully saturated rings. The van der Waals surface area contributed by atoms with Gasteiger partial charge in [0.25, 0.3) is 5.91 Å². The van der Waals surface area contributed by atoms with E-state index in [4.69, 9.17) is 0 Å². The summed E-state index contributed by atoms with van der Waals surface area (Å²) in [5, 5.41) is 11.4. The van der Waals surface area contributed by atoms with Crippen molar-refractivity contribution in [2.75, 3.05) is 4.90 Å². The molecular weight excluding hydrogens is 298 g/mol. The van der Waals surface area contributed by atoms with Crippen LogP contribution in [0.5, 0.6) is 0 Å². The second-order valence-corrected chi connectivity index (χ2v) is 6.63. The Morgan fingerprint density at radius 2 is 1.83 bits per heavy atom. The minimum Gasteiger partial charge on any atom is -0.375 e. The van der Waals surface area contributed by atoms with E-state index in [0.29, 0.717) is 6.54 Å². The van der Waals surface area contributed by atoms with Crippen molar-refractivity contribution in [3.05, 3.63) is 77.9 Å². The van der Waals surface area contributed by atoms with Gasteiger partial charge in [-0.2, -0.15) is 0 Å². The maximum atomic E-state index is 13.2. The van der Waals surface area contributed by atoms with Gasteiger partial charge in [-0.15, -0.1) is 0 Å². The number of carbonyl (C=O) groups excluding carboxylic acids is 1. The highest BCUT2D eigenvalue weighted by Gasteiger charge is 2.53. The molecule has 0 saturated heterocycles. The van der Waals surface area contributed by atoms with Crippen LogP contribution >= 0.6 is 0 Å². The van der Waals surface area contributed by atoms with Gasteiger partial charge in [-0.3, -0.25) is 4.79 Å². The predicted molar refractivity (Wildman–Crippen MR) is 94.5 cm³/mol. The first-order chi connectivity index (χ1) is 11.7. The van der Waals surface area contributed by atoms with Crippen molar-refractivity contribution in [2.24, 2.45) is 5.92 Å². The van der Waals surface area contributed by atoms with Gasteiger partial charge < -0.3 is 10.0 Å². The van der Waals surface area contributed by atoms with Crippen molar-refractivity contribution in [3.63, 3.8) is 0 Å². The van der Waals surface area contributed by atoms with Gasteiger partial charge in [0.05, 0.1) is 12.2 Å². The van der Waals surface area contributed by atoms with Crippen molar-refractivity contribution in [1.82, 2.24) is 0 Å². The fourth-order valence-corrected chi connectivity index (χ4v) is 3.90. The molecule has 0 bridgehead atoms. The molecule has 2 atom stereocenters. The monoisotopic (exact) mass is 319 g/mol. The van der Waals surface area contributed by atoms with Crippen molar-refractivity contribution in [1.29, 1.82) is 0 Å². The molecule has 0 unspecified atom stereocenters. The predicted octanol–water partition coefficient (Wildman–Crippen LogP) is 3.78. The molecule has 2 aliphatic rings. The van der Waals surface area contributed by atoms with E-state index in [2.05, 4.69) is 6.08 Å². The first-order valence-corrected chi connectivity index (χ1v) is 8.55. The van der Waals surface area contributed by atoms with Gasteiger partial charge in [0, 0.05) is 11.5 Å².